The molecule has 64 valence electrons. The number of rotatable bonds is 4. The Morgan fingerprint density at radius 2 is 2.50 bits per heavy atom. The van der Waals surface area contributed by atoms with Crippen LogP contribution in [0, 0.1) is 0 Å². The Morgan fingerprint density at radius 3 is 2.75 bits per heavy atom. The predicted molar refractivity (Wildman–Crippen MR) is 57.6 cm³/mol. The van der Waals surface area contributed by atoms with E-state index in [9.17, 15) is 0 Å². The molecule has 2 nitrogen and oxygen atoms in total. The van der Waals surface area contributed by atoms with Crippen molar-refractivity contribution in [2.75, 3.05) is 7.05 Å². The van der Waals surface area contributed by atoms with Gasteiger partial charge in [0.15, 0.2) is 0 Å². The van der Waals surface area contributed by atoms with E-state index in [0.29, 0.717) is 18.7 Å². The molecule has 1 rings (SSSR count). The summed E-state index contributed by atoms with van der Waals surface area (Å²) in [5, 5.41) is 3.21. The Labute approximate surface area is 76.0 Å². The van der Waals surface area contributed by atoms with Crippen molar-refractivity contribution in [2.45, 2.75) is 25.7 Å². The second kappa shape index (κ2) is 3.94. The standard InChI is InChI=1S/C8H16B2N2/c1-5-12(8(3)11-4)10-6-9-7(10)2/h5-8,11H,1H2,2-4H3/t7-,8+/m1/s1. The molecule has 12 heavy (non-hydrogen) atoms. The maximum absolute atomic E-state index is 3.82. The molecule has 0 amide bonds. The zero-order valence-electron chi connectivity index (χ0n) is 8.12. The summed E-state index contributed by atoms with van der Waals surface area (Å²) in [6.07, 6.45) is 2.27. The molecule has 1 aliphatic heterocycles. The van der Waals surface area contributed by atoms with E-state index in [1.165, 1.54) is 0 Å². The molecule has 0 aliphatic carbocycles. The van der Waals surface area contributed by atoms with Gasteiger partial charge in [-0.25, -0.2) is 0 Å². The predicted octanol–water partition coefficient (Wildman–Crippen LogP) is 0.396. The Kier molecular flexibility index (Phi) is 3.15. The van der Waals surface area contributed by atoms with Crippen LogP contribution in [0.15, 0.2) is 12.8 Å². The molecule has 1 heterocycles. The molecule has 0 radical (unpaired) electrons. The van der Waals surface area contributed by atoms with E-state index in [2.05, 4.69) is 43.3 Å². The van der Waals surface area contributed by atoms with Crippen LogP contribution in [0.5, 0.6) is 0 Å². The quantitative estimate of drug-likeness (QED) is 0.475. The van der Waals surface area contributed by atoms with Crippen LogP contribution in [0.2, 0.25) is 5.72 Å². The van der Waals surface area contributed by atoms with Crippen molar-refractivity contribution in [1.29, 1.82) is 0 Å². The summed E-state index contributed by atoms with van der Waals surface area (Å²) in [7, 11) is 1.97. The minimum absolute atomic E-state index is 0.361. The molecule has 0 bridgehead atoms. The molecule has 2 atom stereocenters. The Balaban J connectivity index is 2.56. The van der Waals surface area contributed by atoms with Crippen LogP contribution >= 0.6 is 0 Å². The maximum atomic E-state index is 3.82. The van der Waals surface area contributed by atoms with E-state index in [1.54, 1.807) is 0 Å². The summed E-state index contributed by atoms with van der Waals surface area (Å²) >= 11 is 0. The zero-order chi connectivity index (χ0) is 9.14. The van der Waals surface area contributed by atoms with Gasteiger partial charge in [-0.15, -0.1) is 0 Å². The van der Waals surface area contributed by atoms with Gasteiger partial charge in [0, 0.05) is 0 Å². The van der Waals surface area contributed by atoms with E-state index in [4.69, 9.17) is 0 Å². The van der Waals surface area contributed by atoms with Crippen LogP contribution in [0.4, 0.5) is 0 Å². The monoisotopic (exact) mass is 162 g/mol. The van der Waals surface area contributed by atoms with Crippen LogP contribution in [-0.2, 0) is 0 Å². The minimum atomic E-state index is 0.361. The molecular formula is C8H16B2N2. The first kappa shape index (κ1) is 9.59. The van der Waals surface area contributed by atoms with Crippen molar-refractivity contribution < 1.29 is 0 Å². The van der Waals surface area contributed by atoms with Crippen LogP contribution in [-0.4, -0.2) is 37.7 Å². The number of hydrogen-bond acceptors (Lipinski definition) is 2. The van der Waals surface area contributed by atoms with Crippen molar-refractivity contribution in [3.05, 3.63) is 12.8 Å². The summed E-state index contributed by atoms with van der Waals surface area (Å²) in [5.74, 6) is 2.22. The van der Waals surface area contributed by atoms with Gasteiger partial charge in [0.05, 0.1) is 0 Å². The van der Waals surface area contributed by atoms with Gasteiger partial charge in [0.1, 0.15) is 0 Å². The second-order valence-electron chi connectivity index (χ2n) is 3.33. The molecular weight excluding hydrogens is 146 g/mol. The van der Waals surface area contributed by atoms with Gasteiger partial charge in [-0.3, -0.25) is 0 Å². The van der Waals surface area contributed by atoms with Crippen LogP contribution in [0.25, 0.3) is 0 Å². The molecule has 0 aromatic heterocycles. The van der Waals surface area contributed by atoms with Crippen molar-refractivity contribution in [1.82, 2.24) is 10.1 Å². The van der Waals surface area contributed by atoms with Crippen molar-refractivity contribution in [3.63, 3.8) is 0 Å². The van der Waals surface area contributed by atoms with Crippen LogP contribution < -0.4 is 5.32 Å². The SMILES string of the molecule is C=CN(B1C=B[C@H]1C)[C@@H](C)NC. The van der Waals surface area contributed by atoms with E-state index >= 15 is 0 Å². The van der Waals surface area contributed by atoms with Crippen LogP contribution in [0.1, 0.15) is 13.8 Å². The first-order chi connectivity index (χ1) is 5.70. The third-order valence-electron chi connectivity index (χ3n) is 2.57. The molecule has 0 spiro atoms. The first-order valence-corrected chi connectivity index (χ1v) is 4.46. The number of nitrogens with zero attached hydrogens (tertiary/aromatic N) is 1. The number of hydrogen-bond donors (Lipinski definition) is 1. The topological polar surface area (TPSA) is 15.3 Å². The molecule has 1 N–H and O–H groups in total. The van der Waals surface area contributed by atoms with Gasteiger partial charge < -0.3 is 0 Å². The number of nitrogens with one attached hydrogen (secondary N) is 1. The molecule has 0 fully saturated rings. The van der Waals surface area contributed by atoms with Crippen molar-refractivity contribution in [2.24, 2.45) is 0 Å². The summed E-state index contributed by atoms with van der Waals surface area (Å²) in [4.78, 5) is 2.24. The van der Waals surface area contributed by atoms with Gasteiger partial charge >= 0.3 is 75.3 Å². The molecule has 0 unspecified atom stereocenters. The fourth-order valence-electron chi connectivity index (χ4n) is 1.49. The molecule has 0 aromatic rings. The van der Waals surface area contributed by atoms with Gasteiger partial charge in [-0.2, -0.15) is 0 Å². The van der Waals surface area contributed by atoms with E-state index in [-0.39, 0.29) is 0 Å². The fraction of sp³-hybridized carbons (Fsp3) is 0.625. The van der Waals surface area contributed by atoms with E-state index in [0.717, 1.165) is 0 Å². The zero-order valence-corrected chi connectivity index (χ0v) is 8.12. The third-order valence-corrected chi connectivity index (χ3v) is 2.57. The fourth-order valence-corrected chi connectivity index (χ4v) is 1.49. The third kappa shape index (κ3) is 1.63. The van der Waals surface area contributed by atoms with Gasteiger partial charge in [0.25, 0.3) is 0 Å². The van der Waals surface area contributed by atoms with Gasteiger partial charge in [-0.05, 0) is 0 Å². The summed E-state index contributed by atoms with van der Waals surface area (Å²) in [6, 6.07) is 0. The van der Waals surface area contributed by atoms with Gasteiger partial charge in [-0.1, -0.05) is 0 Å². The Hall–Kier alpha value is -0.500. The Morgan fingerprint density at radius 1 is 1.83 bits per heavy atom. The molecule has 4 heteroatoms. The van der Waals surface area contributed by atoms with Gasteiger partial charge in [0.2, 0.25) is 0 Å². The summed E-state index contributed by atoms with van der Waals surface area (Å²) < 4.78 is 0. The second-order valence-corrected chi connectivity index (χ2v) is 3.33. The van der Waals surface area contributed by atoms with Crippen LogP contribution in [0.3, 0.4) is 0 Å². The Bertz CT molecular complexity index is 193. The van der Waals surface area contributed by atoms with E-state index in [1.807, 2.05) is 13.2 Å². The molecule has 0 saturated heterocycles. The van der Waals surface area contributed by atoms with E-state index < -0.39 is 0 Å². The first-order valence-electron chi connectivity index (χ1n) is 4.46. The summed E-state index contributed by atoms with van der Waals surface area (Å²) in [6.45, 7) is 10.9. The normalized spacial score (nSPS) is 22.6. The van der Waals surface area contributed by atoms with Crippen molar-refractivity contribution in [3.8, 4) is 0 Å². The summed E-state index contributed by atoms with van der Waals surface area (Å²) in [5.41, 5.74) is 0.652. The van der Waals surface area contributed by atoms with Crippen molar-refractivity contribution >= 4 is 19.6 Å². The molecule has 0 saturated carbocycles. The molecule has 0 aromatic carbocycles. The average molecular weight is 162 g/mol. The molecule has 1 aliphatic rings. The average Bonchev–Trinajstić information content (AvgIpc) is 2.09.